The zero-order chi connectivity index (χ0) is 8.10. The Labute approximate surface area is 79.4 Å². The summed E-state index contributed by atoms with van der Waals surface area (Å²) in [5.41, 5.74) is 1.59. The number of halogens is 2. The van der Waals surface area contributed by atoms with Crippen LogP contribution in [0.4, 0.5) is 0 Å². The van der Waals surface area contributed by atoms with Crippen molar-refractivity contribution in [2.24, 2.45) is 0 Å². The molecule has 0 saturated heterocycles. The zero-order valence-corrected chi connectivity index (χ0v) is 8.23. The molecule has 0 fully saturated rings. The normalized spacial score (nSPS) is 9.64. The van der Waals surface area contributed by atoms with Gasteiger partial charge in [-0.25, -0.2) is 0 Å². The van der Waals surface area contributed by atoms with Gasteiger partial charge < -0.3 is 4.74 Å². The maximum atomic E-state index is 5.63. The number of hydrogen-bond donors (Lipinski definition) is 0. The van der Waals surface area contributed by atoms with Crippen molar-refractivity contribution in [3.8, 4) is 5.75 Å². The second-order valence-corrected chi connectivity index (χ2v) is 2.76. The Morgan fingerprint density at radius 2 is 2.27 bits per heavy atom. The van der Waals surface area contributed by atoms with Crippen LogP contribution in [0.25, 0.3) is 0 Å². The molecule has 0 aliphatic carbocycles. The molecule has 0 amide bonds. The summed E-state index contributed by atoms with van der Waals surface area (Å²) in [7, 11) is 0. The Morgan fingerprint density at radius 3 is 2.91 bits per heavy atom. The van der Waals surface area contributed by atoms with Gasteiger partial charge >= 0.3 is 0 Å². The monoisotopic (exact) mass is 234 g/mol. The van der Waals surface area contributed by atoms with Gasteiger partial charge in [0.2, 0.25) is 0 Å². The first-order chi connectivity index (χ1) is 5.36. The van der Waals surface area contributed by atoms with Crippen LogP contribution in [0.3, 0.4) is 0 Å². The lowest BCUT2D eigenvalue weighted by Crippen LogP contribution is -1.88. The van der Waals surface area contributed by atoms with Gasteiger partial charge in [-0.15, -0.1) is 11.6 Å². The van der Waals surface area contributed by atoms with Gasteiger partial charge in [-0.05, 0) is 33.6 Å². The third-order valence-corrected chi connectivity index (χ3v) is 1.81. The van der Waals surface area contributed by atoms with Crippen molar-refractivity contribution in [1.82, 2.24) is 0 Å². The largest absolute Gasteiger partial charge is 0.482 e. The van der Waals surface area contributed by atoms with Gasteiger partial charge in [0.1, 0.15) is 11.3 Å². The number of alkyl halides is 2. The van der Waals surface area contributed by atoms with Crippen molar-refractivity contribution in [1.29, 1.82) is 0 Å². The van der Waals surface area contributed by atoms with E-state index in [-0.39, 0.29) is 0 Å². The molecule has 1 nitrogen and oxygen atoms in total. The molecule has 0 aliphatic rings. The highest BCUT2D eigenvalue weighted by Crippen LogP contribution is 2.14. The molecule has 0 atom stereocenters. The third-order valence-electron chi connectivity index (χ3n) is 1.27. The first-order valence-corrected chi connectivity index (χ1v) is 4.86. The molecule has 0 N–H and O–H groups in total. The lowest BCUT2D eigenvalue weighted by Gasteiger charge is -2.02. The molecular formula is C8H8BrClO. The van der Waals surface area contributed by atoms with Crippen LogP contribution < -0.4 is 4.74 Å². The van der Waals surface area contributed by atoms with E-state index < -0.39 is 0 Å². The first kappa shape index (κ1) is 8.88. The molecule has 0 aliphatic heterocycles. The van der Waals surface area contributed by atoms with Crippen LogP contribution in [0.2, 0.25) is 0 Å². The van der Waals surface area contributed by atoms with E-state index in [9.17, 15) is 0 Å². The Morgan fingerprint density at radius 1 is 1.45 bits per heavy atom. The predicted molar refractivity (Wildman–Crippen MR) is 50.4 cm³/mol. The summed E-state index contributed by atoms with van der Waals surface area (Å²) in [6.45, 7) is 0. The molecule has 0 saturated carbocycles. The number of benzene rings is 1. The smallest absolute Gasteiger partial charge is 0.143 e. The van der Waals surface area contributed by atoms with E-state index in [1.165, 1.54) is 0 Å². The maximum Gasteiger partial charge on any atom is 0.143 e. The molecule has 1 aromatic rings. The summed E-state index contributed by atoms with van der Waals surface area (Å²) < 4.78 is 5.21. The highest BCUT2D eigenvalue weighted by atomic mass is 79.9. The Bertz CT molecular complexity index is 227. The van der Waals surface area contributed by atoms with Crippen LogP contribution in [-0.2, 0) is 5.88 Å². The minimum atomic E-state index is 0.513. The number of hydrogen-bond acceptors (Lipinski definition) is 1. The van der Waals surface area contributed by atoms with Crippen molar-refractivity contribution < 1.29 is 4.74 Å². The van der Waals surface area contributed by atoms with Crippen LogP contribution >= 0.6 is 27.5 Å². The fraction of sp³-hybridized carbons (Fsp3) is 0.250. The molecule has 0 unspecified atom stereocenters. The highest BCUT2D eigenvalue weighted by molar-refractivity contribution is 9.09. The van der Waals surface area contributed by atoms with Gasteiger partial charge in [0.05, 0.1) is 0 Å². The summed E-state index contributed by atoms with van der Waals surface area (Å²) in [4.78, 5) is 0. The maximum absolute atomic E-state index is 5.63. The zero-order valence-electron chi connectivity index (χ0n) is 5.89. The molecule has 0 radical (unpaired) electrons. The number of ether oxygens (including phenoxy) is 1. The van der Waals surface area contributed by atoms with E-state index in [4.69, 9.17) is 16.3 Å². The van der Waals surface area contributed by atoms with E-state index in [0.717, 1.165) is 11.3 Å². The summed E-state index contributed by atoms with van der Waals surface area (Å²) in [6, 6.07) is 7.72. The van der Waals surface area contributed by atoms with Crippen LogP contribution in [0.5, 0.6) is 5.75 Å². The van der Waals surface area contributed by atoms with E-state index in [0.29, 0.717) is 11.4 Å². The van der Waals surface area contributed by atoms with E-state index in [1.807, 2.05) is 24.3 Å². The molecule has 0 heterocycles. The van der Waals surface area contributed by atoms with Crippen molar-refractivity contribution in [2.75, 3.05) is 5.52 Å². The van der Waals surface area contributed by atoms with E-state index in [2.05, 4.69) is 15.9 Å². The number of rotatable bonds is 3. The van der Waals surface area contributed by atoms with Gasteiger partial charge in [0, 0.05) is 5.88 Å². The standard InChI is InChI=1S/C8H8BrClO/c9-6-11-8-3-1-2-7(4-8)5-10/h1-4H,5-6H2. The third kappa shape index (κ3) is 2.72. The SMILES string of the molecule is ClCc1cccc(OCBr)c1. The van der Waals surface area contributed by atoms with Gasteiger partial charge in [-0.3, -0.25) is 0 Å². The molecule has 1 aromatic carbocycles. The molecular weight excluding hydrogens is 227 g/mol. The van der Waals surface area contributed by atoms with Crippen molar-refractivity contribution >= 4 is 27.5 Å². The second-order valence-electron chi connectivity index (χ2n) is 2.03. The molecule has 0 bridgehead atoms. The van der Waals surface area contributed by atoms with Crippen LogP contribution in [-0.4, -0.2) is 5.52 Å². The van der Waals surface area contributed by atoms with E-state index >= 15 is 0 Å². The molecule has 60 valence electrons. The summed E-state index contributed by atoms with van der Waals surface area (Å²) in [5, 5.41) is 0. The molecule has 11 heavy (non-hydrogen) atoms. The minimum absolute atomic E-state index is 0.513. The molecule has 0 spiro atoms. The fourth-order valence-electron chi connectivity index (χ4n) is 0.781. The minimum Gasteiger partial charge on any atom is -0.482 e. The molecule has 3 heteroatoms. The Hall–Kier alpha value is -0.210. The molecule has 0 aromatic heterocycles. The summed E-state index contributed by atoms with van der Waals surface area (Å²) in [6.07, 6.45) is 0. The van der Waals surface area contributed by atoms with Crippen LogP contribution in [0.1, 0.15) is 5.56 Å². The van der Waals surface area contributed by atoms with Crippen LogP contribution in [0.15, 0.2) is 24.3 Å². The Balaban J connectivity index is 2.74. The van der Waals surface area contributed by atoms with Gasteiger partial charge in [-0.1, -0.05) is 12.1 Å². The average Bonchev–Trinajstić information content (AvgIpc) is 2.06. The first-order valence-electron chi connectivity index (χ1n) is 3.20. The summed E-state index contributed by atoms with van der Waals surface area (Å²) >= 11 is 8.81. The predicted octanol–water partition coefficient (Wildman–Crippen LogP) is 3.16. The van der Waals surface area contributed by atoms with Gasteiger partial charge in [0.25, 0.3) is 0 Å². The topological polar surface area (TPSA) is 9.23 Å². The average molecular weight is 236 g/mol. The van der Waals surface area contributed by atoms with Crippen molar-refractivity contribution in [3.63, 3.8) is 0 Å². The quantitative estimate of drug-likeness (QED) is 0.731. The lowest BCUT2D eigenvalue weighted by atomic mass is 10.2. The Kier molecular flexibility index (Phi) is 3.73. The fourth-order valence-corrected chi connectivity index (χ4v) is 1.21. The van der Waals surface area contributed by atoms with Gasteiger partial charge in [0.15, 0.2) is 0 Å². The van der Waals surface area contributed by atoms with Crippen molar-refractivity contribution in [2.45, 2.75) is 5.88 Å². The summed E-state index contributed by atoms with van der Waals surface area (Å²) in [5.74, 6) is 1.37. The lowest BCUT2D eigenvalue weighted by molar-refractivity contribution is 0.397. The second kappa shape index (κ2) is 4.62. The van der Waals surface area contributed by atoms with Crippen LogP contribution in [0, 0.1) is 0 Å². The van der Waals surface area contributed by atoms with Gasteiger partial charge in [-0.2, -0.15) is 0 Å². The van der Waals surface area contributed by atoms with Crippen molar-refractivity contribution in [3.05, 3.63) is 29.8 Å². The van der Waals surface area contributed by atoms with E-state index in [1.54, 1.807) is 0 Å². The highest BCUT2D eigenvalue weighted by Gasteiger charge is 1.93. The molecule has 1 rings (SSSR count).